The Balaban J connectivity index is 1.55. The van der Waals surface area contributed by atoms with Gasteiger partial charge in [0.1, 0.15) is 5.82 Å². The number of aromatic nitrogens is 4. The van der Waals surface area contributed by atoms with Crippen molar-refractivity contribution in [2.24, 2.45) is 0 Å². The number of pyridine rings is 1. The molecule has 5 rings (SSSR count). The molecule has 136 valence electrons. The van der Waals surface area contributed by atoms with Gasteiger partial charge in [-0.1, -0.05) is 0 Å². The average molecular weight is 361 g/mol. The first-order chi connectivity index (χ1) is 13.2. The van der Waals surface area contributed by atoms with Gasteiger partial charge in [-0.25, -0.2) is 9.37 Å². The minimum atomic E-state index is -0.204. The molecule has 0 fully saturated rings. The number of hydrogen-bond acceptors (Lipinski definition) is 3. The summed E-state index contributed by atoms with van der Waals surface area (Å²) in [7, 11) is 0. The van der Waals surface area contributed by atoms with Gasteiger partial charge >= 0.3 is 0 Å². The number of halogens is 1. The number of hydrogen-bond donors (Lipinski definition) is 2. The smallest absolute Gasteiger partial charge is 0.123 e. The number of rotatable bonds is 3. The van der Waals surface area contributed by atoms with Gasteiger partial charge in [0.05, 0.1) is 18.1 Å². The van der Waals surface area contributed by atoms with Crippen LogP contribution in [0.1, 0.15) is 34.3 Å². The molecule has 4 heterocycles. The standard InChI is InChI=1S/C21H20FN5/c1-13-16-10-15(22)2-3-17(16)26-19(13)11-27-9-6-18-20(25-12-24-18)21(27)14-4-7-23-8-5-14/h2-5,7-8,10,12,21,26H,6,9,11H2,1H3,(H,24,25)/t21-/m1/s1. The number of imidazole rings is 1. The second-order valence-electron chi connectivity index (χ2n) is 7.09. The Kier molecular flexibility index (Phi) is 3.79. The van der Waals surface area contributed by atoms with Gasteiger partial charge in [-0.3, -0.25) is 9.88 Å². The van der Waals surface area contributed by atoms with Crippen molar-refractivity contribution in [3.05, 3.63) is 83.1 Å². The highest BCUT2D eigenvalue weighted by atomic mass is 19.1. The lowest BCUT2D eigenvalue weighted by Gasteiger charge is -2.35. The molecular weight excluding hydrogens is 341 g/mol. The SMILES string of the molecule is Cc1c(CN2CCc3[nH]cnc3[C@H]2c2ccncc2)[nH]c2ccc(F)cc12. The van der Waals surface area contributed by atoms with Crippen LogP contribution in [0.4, 0.5) is 4.39 Å². The van der Waals surface area contributed by atoms with Gasteiger partial charge in [-0.15, -0.1) is 0 Å². The lowest BCUT2D eigenvalue weighted by atomic mass is 9.96. The largest absolute Gasteiger partial charge is 0.357 e. The van der Waals surface area contributed by atoms with Crippen LogP contribution in [0.3, 0.4) is 0 Å². The Morgan fingerprint density at radius 2 is 2.07 bits per heavy atom. The van der Waals surface area contributed by atoms with Crippen LogP contribution in [0.25, 0.3) is 10.9 Å². The number of aryl methyl sites for hydroxylation is 1. The minimum Gasteiger partial charge on any atom is -0.357 e. The summed E-state index contributed by atoms with van der Waals surface area (Å²) in [5, 5.41) is 0.947. The molecular formula is C21H20FN5. The van der Waals surface area contributed by atoms with Crippen molar-refractivity contribution in [1.29, 1.82) is 0 Å². The Bertz CT molecular complexity index is 1100. The Hall–Kier alpha value is -2.99. The van der Waals surface area contributed by atoms with Crippen LogP contribution in [-0.4, -0.2) is 31.4 Å². The summed E-state index contributed by atoms with van der Waals surface area (Å²) >= 11 is 0. The van der Waals surface area contributed by atoms with Crippen molar-refractivity contribution < 1.29 is 4.39 Å². The van der Waals surface area contributed by atoms with Crippen molar-refractivity contribution in [3.63, 3.8) is 0 Å². The fourth-order valence-corrected chi connectivity index (χ4v) is 4.13. The van der Waals surface area contributed by atoms with Gasteiger partial charge in [0.2, 0.25) is 0 Å². The van der Waals surface area contributed by atoms with E-state index in [-0.39, 0.29) is 11.9 Å². The molecule has 2 N–H and O–H groups in total. The van der Waals surface area contributed by atoms with Crippen LogP contribution in [0, 0.1) is 12.7 Å². The van der Waals surface area contributed by atoms with E-state index < -0.39 is 0 Å². The van der Waals surface area contributed by atoms with Crippen molar-refractivity contribution in [1.82, 2.24) is 24.8 Å². The second kappa shape index (κ2) is 6.32. The third-order valence-corrected chi connectivity index (χ3v) is 5.53. The number of H-pyrrole nitrogens is 2. The molecule has 3 aromatic heterocycles. The molecule has 0 unspecified atom stereocenters. The van der Waals surface area contributed by atoms with E-state index in [1.807, 2.05) is 18.5 Å². The third kappa shape index (κ3) is 2.73. The highest BCUT2D eigenvalue weighted by Gasteiger charge is 2.31. The summed E-state index contributed by atoms with van der Waals surface area (Å²) in [4.78, 5) is 17.9. The fourth-order valence-electron chi connectivity index (χ4n) is 4.13. The molecule has 1 atom stereocenters. The molecule has 27 heavy (non-hydrogen) atoms. The summed E-state index contributed by atoms with van der Waals surface area (Å²) in [6, 6.07) is 9.09. The number of benzene rings is 1. The Morgan fingerprint density at radius 3 is 2.93 bits per heavy atom. The lowest BCUT2D eigenvalue weighted by molar-refractivity contribution is 0.198. The van der Waals surface area contributed by atoms with Crippen molar-refractivity contribution in [2.45, 2.75) is 25.9 Å². The zero-order valence-electron chi connectivity index (χ0n) is 15.0. The maximum atomic E-state index is 13.7. The highest BCUT2D eigenvalue weighted by molar-refractivity contribution is 5.84. The maximum absolute atomic E-state index is 13.7. The van der Waals surface area contributed by atoms with Gasteiger partial charge in [-0.2, -0.15) is 0 Å². The molecule has 0 saturated carbocycles. The van der Waals surface area contributed by atoms with Gasteiger partial charge in [0.25, 0.3) is 0 Å². The predicted molar refractivity (Wildman–Crippen MR) is 102 cm³/mol. The highest BCUT2D eigenvalue weighted by Crippen LogP contribution is 2.35. The Morgan fingerprint density at radius 1 is 1.22 bits per heavy atom. The summed E-state index contributed by atoms with van der Waals surface area (Å²) in [5.74, 6) is -0.204. The number of aromatic amines is 2. The van der Waals surface area contributed by atoms with Crippen LogP contribution >= 0.6 is 0 Å². The topological polar surface area (TPSA) is 60.6 Å². The monoisotopic (exact) mass is 361 g/mol. The van der Waals surface area contributed by atoms with E-state index in [2.05, 4.69) is 43.9 Å². The van der Waals surface area contributed by atoms with E-state index in [1.54, 1.807) is 12.4 Å². The molecule has 1 aromatic carbocycles. The Labute approximate surface area is 156 Å². The molecule has 0 spiro atoms. The van der Waals surface area contributed by atoms with Gasteiger partial charge < -0.3 is 9.97 Å². The molecule has 0 radical (unpaired) electrons. The molecule has 1 aliphatic heterocycles. The first-order valence-corrected chi connectivity index (χ1v) is 9.13. The molecule has 5 nitrogen and oxygen atoms in total. The second-order valence-corrected chi connectivity index (χ2v) is 7.09. The van der Waals surface area contributed by atoms with Crippen LogP contribution in [0.2, 0.25) is 0 Å². The fraction of sp³-hybridized carbons (Fsp3) is 0.238. The van der Waals surface area contributed by atoms with Gasteiger partial charge in [0, 0.05) is 54.2 Å². The van der Waals surface area contributed by atoms with E-state index in [0.29, 0.717) is 0 Å². The lowest BCUT2D eigenvalue weighted by Crippen LogP contribution is -2.36. The third-order valence-electron chi connectivity index (χ3n) is 5.53. The van der Waals surface area contributed by atoms with Crippen molar-refractivity contribution in [3.8, 4) is 0 Å². The predicted octanol–water partition coefficient (Wildman–Crippen LogP) is 3.88. The van der Waals surface area contributed by atoms with E-state index >= 15 is 0 Å². The molecule has 0 bridgehead atoms. The number of nitrogens with zero attached hydrogens (tertiary/aromatic N) is 3. The molecule has 4 aromatic rings. The summed E-state index contributed by atoms with van der Waals surface area (Å²) in [5.41, 5.74) is 6.65. The summed E-state index contributed by atoms with van der Waals surface area (Å²) in [6.07, 6.45) is 6.36. The molecule has 0 saturated heterocycles. The normalized spacial score (nSPS) is 17.3. The van der Waals surface area contributed by atoms with Crippen molar-refractivity contribution >= 4 is 10.9 Å². The van der Waals surface area contributed by atoms with E-state index in [0.717, 1.165) is 47.4 Å². The maximum Gasteiger partial charge on any atom is 0.123 e. The van der Waals surface area contributed by atoms with E-state index in [4.69, 9.17) is 0 Å². The number of nitrogens with one attached hydrogen (secondary N) is 2. The van der Waals surface area contributed by atoms with Crippen LogP contribution in [0.5, 0.6) is 0 Å². The zero-order chi connectivity index (χ0) is 18.4. The van der Waals surface area contributed by atoms with Crippen LogP contribution in [-0.2, 0) is 13.0 Å². The van der Waals surface area contributed by atoms with E-state index in [9.17, 15) is 4.39 Å². The van der Waals surface area contributed by atoms with Gasteiger partial charge in [0.15, 0.2) is 0 Å². The van der Waals surface area contributed by atoms with E-state index in [1.165, 1.54) is 17.3 Å². The molecule has 0 amide bonds. The first-order valence-electron chi connectivity index (χ1n) is 9.13. The number of fused-ring (bicyclic) bond motifs is 2. The summed E-state index contributed by atoms with van der Waals surface area (Å²) in [6.45, 7) is 3.73. The quantitative estimate of drug-likeness (QED) is 0.582. The molecule has 6 heteroatoms. The minimum absolute atomic E-state index is 0.0746. The first kappa shape index (κ1) is 16.2. The zero-order valence-corrected chi connectivity index (χ0v) is 15.0. The van der Waals surface area contributed by atoms with Crippen LogP contribution in [0.15, 0.2) is 49.1 Å². The van der Waals surface area contributed by atoms with Crippen molar-refractivity contribution in [2.75, 3.05) is 6.54 Å². The molecule has 1 aliphatic rings. The van der Waals surface area contributed by atoms with Gasteiger partial charge in [-0.05, 0) is 48.4 Å². The summed E-state index contributed by atoms with van der Waals surface area (Å²) < 4.78 is 13.7. The average Bonchev–Trinajstić information content (AvgIpc) is 3.28. The molecule has 0 aliphatic carbocycles. The van der Waals surface area contributed by atoms with Crippen LogP contribution < -0.4 is 0 Å².